The van der Waals surface area contributed by atoms with E-state index in [-0.39, 0.29) is 11.8 Å². The van der Waals surface area contributed by atoms with Gasteiger partial charge in [-0.15, -0.1) is 0 Å². The summed E-state index contributed by atoms with van der Waals surface area (Å²) in [6.45, 7) is 2.21. The van der Waals surface area contributed by atoms with Gasteiger partial charge in [-0.3, -0.25) is 9.59 Å². The van der Waals surface area contributed by atoms with Gasteiger partial charge in [0.25, 0.3) is 5.91 Å². The van der Waals surface area contributed by atoms with Crippen LogP contribution in [0.2, 0.25) is 0 Å². The van der Waals surface area contributed by atoms with E-state index in [0.717, 1.165) is 23.4 Å². The van der Waals surface area contributed by atoms with Crippen LogP contribution in [0.3, 0.4) is 0 Å². The highest BCUT2D eigenvalue weighted by molar-refractivity contribution is 5.94. The first-order chi connectivity index (χ1) is 18.1. The molecule has 5 rings (SSSR count). The van der Waals surface area contributed by atoms with Crippen molar-refractivity contribution >= 4 is 11.8 Å². The Morgan fingerprint density at radius 1 is 0.919 bits per heavy atom. The lowest BCUT2D eigenvalue weighted by molar-refractivity contribution is -0.131. The van der Waals surface area contributed by atoms with Gasteiger partial charge < -0.3 is 19.0 Å². The minimum absolute atomic E-state index is 0.110. The average Bonchev–Trinajstić information content (AvgIpc) is 3.57. The maximum Gasteiger partial charge on any atom is 0.272 e. The Morgan fingerprint density at radius 2 is 1.68 bits per heavy atom. The van der Waals surface area contributed by atoms with Crippen molar-refractivity contribution in [3.63, 3.8) is 0 Å². The molecule has 1 aliphatic rings. The molecular weight excluding hydrogens is 468 g/mol. The van der Waals surface area contributed by atoms with Crippen LogP contribution < -0.4 is 4.74 Å². The molecule has 1 saturated heterocycles. The molecule has 2 amide bonds. The van der Waals surface area contributed by atoms with Crippen LogP contribution in [0, 0.1) is 0 Å². The van der Waals surface area contributed by atoms with E-state index in [1.807, 2.05) is 70.5 Å². The number of nitrogens with zero attached hydrogens (tertiary/aromatic N) is 4. The first-order valence-corrected chi connectivity index (χ1v) is 12.5. The number of methoxy groups -OCH3 is 1. The van der Waals surface area contributed by atoms with E-state index >= 15 is 0 Å². The Balaban J connectivity index is 1.27. The number of hydrogen-bond donors (Lipinski definition) is 0. The molecule has 1 fully saturated rings. The van der Waals surface area contributed by atoms with Gasteiger partial charge in [0.05, 0.1) is 19.1 Å². The standard InChI is InChI=1S/C29H30N4O4/c1-36-24-13-10-22(11-14-24)12-15-28(34)31-16-6-17-32(19-18-31)29(35)26-21-25(27-9-5-20-37-27)30-33(26)23-7-3-2-4-8-23/h2-5,7-11,13-14,20-21H,6,12,15-19H2,1H3. The van der Waals surface area contributed by atoms with Gasteiger partial charge in [0.15, 0.2) is 5.76 Å². The average molecular weight is 499 g/mol. The maximum absolute atomic E-state index is 13.7. The Bertz CT molecular complexity index is 1330. The van der Waals surface area contributed by atoms with Gasteiger partial charge in [-0.1, -0.05) is 30.3 Å². The van der Waals surface area contributed by atoms with Gasteiger partial charge in [-0.25, -0.2) is 4.68 Å². The van der Waals surface area contributed by atoms with Gasteiger partial charge in [-0.2, -0.15) is 5.10 Å². The van der Waals surface area contributed by atoms with Crippen LogP contribution >= 0.6 is 0 Å². The van der Waals surface area contributed by atoms with E-state index in [2.05, 4.69) is 5.10 Å². The zero-order valence-electron chi connectivity index (χ0n) is 20.9. The van der Waals surface area contributed by atoms with E-state index < -0.39 is 0 Å². The van der Waals surface area contributed by atoms with E-state index in [4.69, 9.17) is 9.15 Å². The normalized spacial score (nSPS) is 13.9. The van der Waals surface area contributed by atoms with Crippen molar-refractivity contribution in [2.75, 3.05) is 33.3 Å². The van der Waals surface area contributed by atoms with Crippen LogP contribution in [0.1, 0.15) is 28.9 Å². The summed E-state index contributed by atoms with van der Waals surface area (Å²) >= 11 is 0. The lowest BCUT2D eigenvalue weighted by atomic mass is 10.1. The third-order valence-corrected chi connectivity index (χ3v) is 6.63. The van der Waals surface area contributed by atoms with Crippen LogP contribution in [0.15, 0.2) is 83.5 Å². The van der Waals surface area contributed by atoms with E-state index in [9.17, 15) is 9.59 Å². The van der Waals surface area contributed by atoms with Crippen molar-refractivity contribution < 1.29 is 18.7 Å². The molecule has 3 heterocycles. The third kappa shape index (κ3) is 5.58. The van der Waals surface area contributed by atoms with Crippen molar-refractivity contribution in [3.8, 4) is 22.9 Å². The molecule has 2 aromatic heterocycles. The first kappa shape index (κ1) is 24.4. The van der Waals surface area contributed by atoms with Crippen molar-refractivity contribution in [1.29, 1.82) is 0 Å². The molecule has 1 aliphatic heterocycles. The van der Waals surface area contributed by atoms with Crippen LogP contribution in [0.4, 0.5) is 0 Å². The highest BCUT2D eigenvalue weighted by atomic mass is 16.5. The summed E-state index contributed by atoms with van der Waals surface area (Å²) in [5.74, 6) is 1.41. The summed E-state index contributed by atoms with van der Waals surface area (Å²) in [5.41, 5.74) is 2.97. The Morgan fingerprint density at radius 3 is 2.41 bits per heavy atom. The summed E-state index contributed by atoms with van der Waals surface area (Å²) in [7, 11) is 1.64. The molecule has 0 unspecified atom stereocenters. The SMILES string of the molecule is COc1ccc(CCC(=O)N2CCCN(C(=O)c3cc(-c4ccco4)nn3-c3ccccc3)CC2)cc1. The van der Waals surface area contributed by atoms with Crippen molar-refractivity contribution in [1.82, 2.24) is 19.6 Å². The van der Waals surface area contributed by atoms with E-state index in [0.29, 0.717) is 56.2 Å². The van der Waals surface area contributed by atoms with Crippen LogP contribution in [-0.2, 0) is 11.2 Å². The molecule has 2 aromatic carbocycles. The number of carbonyl (C=O) groups excluding carboxylic acids is 2. The summed E-state index contributed by atoms with van der Waals surface area (Å²) < 4.78 is 12.4. The molecule has 4 aromatic rings. The quantitative estimate of drug-likeness (QED) is 0.376. The lowest BCUT2D eigenvalue weighted by Gasteiger charge is -2.22. The van der Waals surface area contributed by atoms with Crippen molar-refractivity contribution in [3.05, 3.63) is 90.3 Å². The van der Waals surface area contributed by atoms with Gasteiger partial charge in [0, 0.05) is 38.7 Å². The fourth-order valence-corrected chi connectivity index (χ4v) is 4.58. The molecular formula is C29H30N4O4. The van der Waals surface area contributed by atoms with Gasteiger partial charge in [-0.05, 0) is 54.8 Å². The number of amides is 2. The molecule has 190 valence electrons. The second-order valence-electron chi connectivity index (χ2n) is 9.01. The molecule has 0 saturated carbocycles. The Kier molecular flexibility index (Phi) is 7.35. The second kappa shape index (κ2) is 11.2. The lowest BCUT2D eigenvalue weighted by Crippen LogP contribution is -2.38. The molecule has 0 radical (unpaired) electrons. The summed E-state index contributed by atoms with van der Waals surface area (Å²) in [5, 5.41) is 4.67. The van der Waals surface area contributed by atoms with Crippen LogP contribution in [0.25, 0.3) is 17.1 Å². The predicted octanol–water partition coefficient (Wildman–Crippen LogP) is 4.45. The fourth-order valence-electron chi connectivity index (χ4n) is 4.58. The number of para-hydroxylation sites is 1. The Labute approximate surface area is 216 Å². The number of ether oxygens (including phenoxy) is 1. The van der Waals surface area contributed by atoms with Gasteiger partial charge >= 0.3 is 0 Å². The fraction of sp³-hybridized carbons (Fsp3) is 0.276. The van der Waals surface area contributed by atoms with E-state index in [1.54, 1.807) is 30.2 Å². The summed E-state index contributed by atoms with van der Waals surface area (Å²) in [6.07, 6.45) is 3.43. The number of rotatable bonds is 7. The summed E-state index contributed by atoms with van der Waals surface area (Å²) in [6, 6.07) is 22.8. The zero-order valence-corrected chi connectivity index (χ0v) is 20.9. The van der Waals surface area contributed by atoms with Crippen molar-refractivity contribution in [2.45, 2.75) is 19.3 Å². The van der Waals surface area contributed by atoms with Gasteiger partial charge in [0.2, 0.25) is 5.91 Å². The second-order valence-corrected chi connectivity index (χ2v) is 9.01. The molecule has 8 nitrogen and oxygen atoms in total. The molecule has 0 spiro atoms. The smallest absolute Gasteiger partial charge is 0.272 e. The largest absolute Gasteiger partial charge is 0.497 e. The monoisotopic (exact) mass is 498 g/mol. The molecule has 37 heavy (non-hydrogen) atoms. The topological polar surface area (TPSA) is 80.8 Å². The number of hydrogen-bond acceptors (Lipinski definition) is 5. The number of aromatic nitrogens is 2. The number of aryl methyl sites for hydroxylation is 1. The molecule has 0 N–H and O–H groups in total. The Hall–Kier alpha value is -4.33. The molecule has 8 heteroatoms. The number of carbonyl (C=O) groups is 2. The minimum atomic E-state index is -0.110. The van der Waals surface area contributed by atoms with Crippen LogP contribution in [-0.4, -0.2) is 64.7 Å². The summed E-state index contributed by atoms with van der Waals surface area (Å²) in [4.78, 5) is 30.3. The number of benzene rings is 2. The van der Waals surface area contributed by atoms with Gasteiger partial charge in [0.1, 0.15) is 17.1 Å². The highest BCUT2D eigenvalue weighted by Crippen LogP contribution is 2.24. The zero-order chi connectivity index (χ0) is 25.6. The number of furan rings is 1. The minimum Gasteiger partial charge on any atom is -0.497 e. The first-order valence-electron chi connectivity index (χ1n) is 12.5. The third-order valence-electron chi connectivity index (χ3n) is 6.63. The maximum atomic E-state index is 13.7. The molecule has 0 bridgehead atoms. The molecule has 0 aliphatic carbocycles. The van der Waals surface area contributed by atoms with Crippen molar-refractivity contribution in [2.24, 2.45) is 0 Å². The predicted molar refractivity (Wildman–Crippen MR) is 140 cm³/mol. The van der Waals surface area contributed by atoms with Crippen LogP contribution in [0.5, 0.6) is 5.75 Å². The molecule has 0 atom stereocenters. The van der Waals surface area contributed by atoms with E-state index in [1.165, 1.54) is 0 Å². The highest BCUT2D eigenvalue weighted by Gasteiger charge is 2.26.